The van der Waals surface area contributed by atoms with Crippen LogP contribution in [0.5, 0.6) is 5.75 Å². The van der Waals surface area contributed by atoms with Crippen molar-refractivity contribution >= 4 is 21.7 Å². The van der Waals surface area contributed by atoms with E-state index < -0.39 is 37.5 Å². The van der Waals surface area contributed by atoms with E-state index in [1.54, 1.807) is 0 Å². The van der Waals surface area contributed by atoms with E-state index in [4.69, 9.17) is 9.84 Å². The number of non-ortho nitro benzene ring substituents is 1. The highest BCUT2D eigenvalue weighted by atomic mass is 32.2. The second kappa shape index (κ2) is 6.06. The van der Waals surface area contributed by atoms with Gasteiger partial charge in [0.05, 0.1) is 12.0 Å². The molecule has 0 amide bonds. The molecule has 1 aromatic carbocycles. The van der Waals surface area contributed by atoms with Crippen LogP contribution in [0.25, 0.3) is 0 Å². The largest absolute Gasteiger partial charge is 0.495 e. The van der Waals surface area contributed by atoms with Crippen molar-refractivity contribution in [3.63, 3.8) is 0 Å². The van der Waals surface area contributed by atoms with Crippen LogP contribution in [0, 0.1) is 10.1 Å². The molecular weight excluding hydrogens is 304 g/mol. The van der Waals surface area contributed by atoms with Crippen LogP contribution in [0.15, 0.2) is 23.1 Å². The molecule has 0 saturated carbocycles. The van der Waals surface area contributed by atoms with Crippen molar-refractivity contribution < 1.29 is 28.0 Å². The third-order valence-corrected chi connectivity index (χ3v) is 4.87. The lowest BCUT2D eigenvalue weighted by atomic mass is 10.3. The molecule has 9 nitrogen and oxygen atoms in total. The molecule has 0 bridgehead atoms. The predicted octanol–water partition coefficient (Wildman–Crippen LogP) is 0.697. The molecule has 0 fully saturated rings. The number of carboxylic acid groups (broad SMARTS) is 1. The van der Waals surface area contributed by atoms with Gasteiger partial charge in [-0.1, -0.05) is 0 Å². The number of carbonyl (C=O) groups is 1. The Morgan fingerprint density at radius 2 is 2.05 bits per heavy atom. The van der Waals surface area contributed by atoms with Gasteiger partial charge in [0.15, 0.2) is 0 Å². The summed E-state index contributed by atoms with van der Waals surface area (Å²) in [6.45, 7) is 1.18. The van der Waals surface area contributed by atoms with Crippen molar-refractivity contribution in [2.45, 2.75) is 17.9 Å². The van der Waals surface area contributed by atoms with E-state index in [1.165, 1.54) is 14.0 Å². The van der Waals surface area contributed by atoms with Gasteiger partial charge < -0.3 is 9.84 Å². The normalized spacial score (nSPS) is 13.0. The lowest BCUT2D eigenvalue weighted by molar-refractivity contribution is -0.385. The summed E-state index contributed by atoms with van der Waals surface area (Å²) in [5.41, 5.74) is -0.439. The number of ether oxygens (including phenoxy) is 1. The Labute approximate surface area is 120 Å². The summed E-state index contributed by atoms with van der Waals surface area (Å²) >= 11 is 0. The number of rotatable bonds is 6. The molecule has 0 aromatic heterocycles. The monoisotopic (exact) mass is 318 g/mol. The van der Waals surface area contributed by atoms with Crippen LogP contribution in [0.2, 0.25) is 0 Å². The first-order valence-electron chi connectivity index (χ1n) is 5.66. The van der Waals surface area contributed by atoms with Crippen LogP contribution in [0.3, 0.4) is 0 Å². The van der Waals surface area contributed by atoms with Gasteiger partial charge in [0, 0.05) is 19.2 Å². The van der Waals surface area contributed by atoms with Crippen molar-refractivity contribution in [2.24, 2.45) is 0 Å². The fraction of sp³-hybridized carbons (Fsp3) is 0.364. The molecule has 1 atom stereocenters. The summed E-state index contributed by atoms with van der Waals surface area (Å²) in [5.74, 6) is -1.45. The van der Waals surface area contributed by atoms with E-state index in [0.29, 0.717) is 4.31 Å². The van der Waals surface area contributed by atoms with Gasteiger partial charge in [-0.25, -0.2) is 8.42 Å². The summed E-state index contributed by atoms with van der Waals surface area (Å²) < 4.78 is 30.3. The second-order valence-corrected chi connectivity index (χ2v) is 6.09. The third kappa shape index (κ3) is 3.28. The number of benzene rings is 1. The maximum Gasteiger partial charge on any atom is 0.321 e. The number of methoxy groups -OCH3 is 1. The summed E-state index contributed by atoms with van der Waals surface area (Å²) in [7, 11) is -1.97. The number of aliphatic carboxylic acids is 1. The van der Waals surface area contributed by atoms with Gasteiger partial charge in [0.25, 0.3) is 5.69 Å². The molecule has 0 aliphatic rings. The van der Waals surface area contributed by atoms with Gasteiger partial charge in [-0.15, -0.1) is 0 Å². The highest BCUT2D eigenvalue weighted by Gasteiger charge is 2.33. The van der Waals surface area contributed by atoms with Gasteiger partial charge in [-0.3, -0.25) is 14.9 Å². The molecule has 1 rings (SSSR count). The molecule has 0 aliphatic carbocycles. The molecule has 1 unspecified atom stereocenters. The molecule has 0 aliphatic heterocycles. The quantitative estimate of drug-likeness (QED) is 0.604. The Morgan fingerprint density at radius 1 is 1.48 bits per heavy atom. The average Bonchev–Trinajstić information content (AvgIpc) is 2.44. The van der Waals surface area contributed by atoms with Crippen LogP contribution in [0.4, 0.5) is 5.69 Å². The lowest BCUT2D eigenvalue weighted by Gasteiger charge is -2.21. The second-order valence-electron chi connectivity index (χ2n) is 4.13. The number of carboxylic acids is 1. The maximum atomic E-state index is 12.4. The molecule has 1 N–H and O–H groups in total. The Morgan fingerprint density at radius 3 is 2.48 bits per heavy atom. The van der Waals surface area contributed by atoms with E-state index in [1.807, 2.05) is 0 Å². The van der Waals surface area contributed by atoms with Gasteiger partial charge >= 0.3 is 5.97 Å². The zero-order chi connectivity index (χ0) is 16.4. The number of likely N-dealkylation sites (N-methyl/N-ethyl adjacent to an activating group) is 1. The van der Waals surface area contributed by atoms with Gasteiger partial charge in [-0.2, -0.15) is 4.31 Å². The van der Waals surface area contributed by atoms with Crippen LogP contribution in [-0.2, 0) is 14.8 Å². The average molecular weight is 318 g/mol. The summed E-state index contributed by atoms with van der Waals surface area (Å²) in [5, 5.41) is 19.6. The van der Waals surface area contributed by atoms with Crippen molar-refractivity contribution in [3.8, 4) is 5.75 Å². The zero-order valence-corrected chi connectivity index (χ0v) is 12.3. The molecule has 10 heteroatoms. The molecule has 21 heavy (non-hydrogen) atoms. The Bertz CT molecular complexity index is 671. The predicted molar refractivity (Wildman–Crippen MR) is 71.7 cm³/mol. The number of nitro benzene ring substituents is 1. The Balaban J connectivity index is 3.45. The van der Waals surface area contributed by atoms with Crippen molar-refractivity contribution in [1.82, 2.24) is 4.31 Å². The summed E-state index contributed by atoms with van der Waals surface area (Å²) in [4.78, 5) is 20.4. The fourth-order valence-electron chi connectivity index (χ4n) is 1.50. The van der Waals surface area contributed by atoms with E-state index in [2.05, 4.69) is 0 Å². The Kier molecular flexibility index (Phi) is 4.86. The number of sulfonamides is 1. The van der Waals surface area contributed by atoms with Crippen LogP contribution in [0.1, 0.15) is 6.92 Å². The van der Waals surface area contributed by atoms with Crippen LogP contribution < -0.4 is 4.74 Å². The minimum absolute atomic E-state index is 0.106. The number of hydrogen-bond donors (Lipinski definition) is 1. The first-order valence-corrected chi connectivity index (χ1v) is 7.10. The minimum atomic E-state index is -4.26. The number of nitro groups is 1. The van der Waals surface area contributed by atoms with Crippen LogP contribution in [-0.4, -0.2) is 48.9 Å². The topological polar surface area (TPSA) is 127 Å². The molecule has 1 aromatic rings. The highest BCUT2D eigenvalue weighted by molar-refractivity contribution is 7.89. The SMILES string of the molecule is COc1ccc([N+](=O)[O-])cc1S(=O)(=O)N(C)C(C)C(=O)O. The number of hydrogen-bond acceptors (Lipinski definition) is 6. The summed E-state index contributed by atoms with van der Waals surface area (Å²) in [6.07, 6.45) is 0. The molecule has 0 spiro atoms. The maximum absolute atomic E-state index is 12.4. The van der Waals surface area contributed by atoms with Crippen molar-refractivity contribution in [1.29, 1.82) is 0 Å². The molecule has 0 saturated heterocycles. The van der Waals surface area contributed by atoms with E-state index in [-0.39, 0.29) is 5.75 Å². The standard InChI is InChI=1S/C11H14N2O7S/c1-7(11(14)15)12(2)21(18,19)10-6-8(13(16)17)4-5-9(10)20-3/h4-7H,1-3H3,(H,14,15). The Hall–Kier alpha value is -2.20. The van der Waals surface area contributed by atoms with Gasteiger partial charge in [0.1, 0.15) is 16.7 Å². The zero-order valence-electron chi connectivity index (χ0n) is 11.5. The molecule has 0 radical (unpaired) electrons. The van der Waals surface area contributed by atoms with Crippen molar-refractivity contribution in [3.05, 3.63) is 28.3 Å². The van der Waals surface area contributed by atoms with Crippen LogP contribution >= 0.6 is 0 Å². The highest BCUT2D eigenvalue weighted by Crippen LogP contribution is 2.30. The van der Waals surface area contributed by atoms with E-state index >= 15 is 0 Å². The fourth-order valence-corrected chi connectivity index (χ4v) is 2.99. The third-order valence-electron chi connectivity index (χ3n) is 2.92. The summed E-state index contributed by atoms with van der Waals surface area (Å²) in [6, 6.07) is 1.74. The lowest BCUT2D eigenvalue weighted by Crippen LogP contribution is -2.40. The van der Waals surface area contributed by atoms with Gasteiger partial charge in [0.2, 0.25) is 10.0 Å². The molecule has 116 valence electrons. The van der Waals surface area contributed by atoms with E-state index in [9.17, 15) is 23.3 Å². The van der Waals surface area contributed by atoms with Gasteiger partial charge in [-0.05, 0) is 13.0 Å². The van der Waals surface area contributed by atoms with Crippen molar-refractivity contribution in [2.75, 3.05) is 14.2 Å². The number of nitrogens with zero attached hydrogens (tertiary/aromatic N) is 2. The minimum Gasteiger partial charge on any atom is -0.495 e. The smallest absolute Gasteiger partial charge is 0.321 e. The first-order chi connectivity index (χ1) is 9.62. The first kappa shape index (κ1) is 16.9. The van der Waals surface area contributed by atoms with E-state index in [0.717, 1.165) is 25.2 Å². The molecular formula is C11H14N2O7S. The molecule has 0 heterocycles.